The van der Waals surface area contributed by atoms with E-state index in [9.17, 15) is 9.59 Å². The maximum atomic E-state index is 12.7. The van der Waals surface area contributed by atoms with Crippen molar-refractivity contribution in [2.75, 3.05) is 26.8 Å². The number of carbonyl (C=O) groups excluding carboxylic acids is 2. The molecule has 182 valence electrons. The minimum absolute atomic E-state index is 0.201. The third kappa shape index (κ3) is 3.84. The first-order valence-electron chi connectivity index (χ1n) is 12.7. The van der Waals surface area contributed by atoms with Crippen molar-refractivity contribution in [2.45, 2.75) is 44.1 Å². The average Bonchev–Trinajstić information content (AvgIpc) is 3.22. The summed E-state index contributed by atoms with van der Waals surface area (Å²) < 4.78 is 12.6. The zero-order valence-electron chi connectivity index (χ0n) is 20.5. The zero-order valence-corrected chi connectivity index (χ0v) is 20.5. The third-order valence-corrected chi connectivity index (χ3v) is 8.54. The number of carbonyl (C=O) groups is 2. The lowest BCUT2D eigenvalue weighted by Crippen LogP contribution is -2.44. The average molecular weight is 473 g/mol. The normalized spacial score (nSPS) is 23.1. The van der Waals surface area contributed by atoms with Crippen LogP contribution in [-0.4, -0.2) is 54.3 Å². The van der Waals surface area contributed by atoms with Gasteiger partial charge in [0.15, 0.2) is 0 Å². The van der Waals surface area contributed by atoms with Crippen LogP contribution in [-0.2, 0) is 21.3 Å². The molecule has 3 aliphatic rings. The van der Waals surface area contributed by atoms with Crippen LogP contribution >= 0.6 is 0 Å². The summed E-state index contributed by atoms with van der Waals surface area (Å²) in [6, 6.07) is 16.8. The molecule has 0 radical (unpaired) electrons. The highest BCUT2D eigenvalue weighted by molar-refractivity contribution is 5.96. The first kappa shape index (κ1) is 22.4. The van der Waals surface area contributed by atoms with Gasteiger partial charge in [-0.1, -0.05) is 30.3 Å². The fourth-order valence-corrected chi connectivity index (χ4v) is 6.26. The second kappa shape index (κ2) is 8.52. The maximum Gasteiger partial charge on any atom is 0.337 e. The predicted molar refractivity (Wildman–Crippen MR) is 134 cm³/mol. The number of aromatic nitrogens is 1. The number of rotatable bonds is 4. The quantitative estimate of drug-likeness (QED) is 0.507. The summed E-state index contributed by atoms with van der Waals surface area (Å²) in [5.41, 5.74) is 5.62. The number of piperidine rings is 1. The summed E-state index contributed by atoms with van der Waals surface area (Å²) in [4.78, 5) is 26.7. The van der Waals surface area contributed by atoms with Crippen LogP contribution in [0.15, 0.2) is 48.5 Å². The molecule has 1 spiro atoms. The van der Waals surface area contributed by atoms with Crippen molar-refractivity contribution in [3.05, 3.63) is 59.7 Å². The highest BCUT2D eigenvalue weighted by atomic mass is 16.5. The number of fused-ring (bicyclic) bond motifs is 1. The van der Waals surface area contributed by atoms with Crippen LogP contribution in [0.4, 0.5) is 0 Å². The largest absolute Gasteiger partial charge is 0.465 e. The smallest absolute Gasteiger partial charge is 0.337 e. The van der Waals surface area contributed by atoms with E-state index in [1.165, 1.54) is 24.7 Å². The lowest BCUT2D eigenvalue weighted by atomic mass is 9.88. The van der Waals surface area contributed by atoms with Gasteiger partial charge in [0.05, 0.1) is 12.7 Å². The molecule has 0 N–H and O–H groups in total. The molecule has 6 rings (SSSR count). The highest BCUT2D eigenvalue weighted by Gasteiger charge is 2.55. The summed E-state index contributed by atoms with van der Waals surface area (Å²) in [6.45, 7) is 2.44. The topological polar surface area (TPSA) is 60.8 Å². The monoisotopic (exact) mass is 472 g/mol. The fraction of sp³-hybridized carbons (Fsp3) is 0.448. The number of benzene rings is 2. The Morgan fingerprint density at radius 2 is 1.83 bits per heavy atom. The Hall–Kier alpha value is -3.12. The van der Waals surface area contributed by atoms with Gasteiger partial charge in [-0.05, 0) is 72.8 Å². The van der Waals surface area contributed by atoms with Gasteiger partial charge >= 0.3 is 5.97 Å². The Balaban J connectivity index is 1.15. The molecule has 2 atom stereocenters. The lowest BCUT2D eigenvalue weighted by Gasteiger charge is -2.34. The van der Waals surface area contributed by atoms with E-state index in [1.54, 1.807) is 0 Å². The van der Waals surface area contributed by atoms with Gasteiger partial charge in [-0.15, -0.1) is 0 Å². The number of methoxy groups -OCH3 is 1. The van der Waals surface area contributed by atoms with Crippen LogP contribution in [0.3, 0.4) is 0 Å². The standard InChI is InChI=1S/C29H32N2O4/c1-30-24(16-21-9-10-22(17-25(21)30)28(33)34-2)20-7-5-19(6-8-20)23-18-29(23)11-13-31(14-12-29)27(32)26-4-3-15-35-26/h5-10,16-17,23,26H,3-4,11-15,18H2,1-2H3/t23?,26-/m1/s1. The van der Waals surface area contributed by atoms with Crippen LogP contribution < -0.4 is 0 Å². The van der Waals surface area contributed by atoms with Crippen LogP contribution in [0.5, 0.6) is 0 Å². The predicted octanol–water partition coefficient (Wildman–Crippen LogP) is 4.91. The Kier molecular flexibility index (Phi) is 5.44. The fourth-order valence-electron chi connectivity index (χ4n) is 6.26. The molecule has 1 unspecified atom stereocenters. The van der Waals surface area contributed by atoms with Crippen LogP contribution in [0.25, 0.3) is 22.2 Å². The van der Waals surface area contributed by atoms with E-state index in [0.717, 1.165) is 62.0 Å². The van der Waals surface area contributed by atoms with Crippen LogP contribution in [0.2, 0.25) is 0 Å². The molecule has 2 aliphatic heterocycles. The summed E-state index contributed by atoms with van der Waals surface area (Å²) >= 11 is 0. The summed E-state index contributed by atoms with van der Waals surface area (Å²) in [7, 11) is 3.44. The second-order valence-corrected chi connectivity index (χ2v) is 10.4. The first-order chi connectivity index (χ1) is 17.0. The van der Waals surface area contributed by atoms with Crippen molar-refractivity contribution in [1.29, 1.82) is 0 Å². The number of hydrogen-bond donors (Lipinski definition) is 0. The molecule has 6 nitrogen and oxygen atoms in total. The first-order valence-corrected chi connectivity index (χ1v) is 12.7. The van der Waals surface area contributed by atoms with Gasteiger partial charge in [-0.25, -0.2) is 4.79 Å². The number of nitrogens with zero attached hydrogens (tertiary/aromatic N) is 2. The summed E-state index contributed by atoms with van der Waals surface area (Å²) in [5.74, 6) is 0.471. The van der Waals surface area contributed by atoms with Gasteiger partial charge in [0.1, 0.15) is 6.10 Å². The van der Waals surface area contributed by atoms with Gasteiger partial charge in [-0.2, -0.15) is 0 Å². The van der Waals surface area contributed by atoms with E-state index >= 15 is 0 Å². The second-order valence-electron chi connectivity index (χ2n) is 10.4. The number of aryl methyl sites for hydroxylation is 1. The van der Waals surface area contributed by atoms with Gasteiger partial charge in [0.25, 0.3) is 5.91 Å². The van der Waals surface area contributed by atoms with E-state index < -0.39 is 0 Å². The van der Waals surface area contributed by atoms with Crippen molar-refractivity contribution in [1.82, 2.24) is 9.47 Å². The molecule has 2 aromatic carbocycles. The number of likely N-dealkylation sites (tertiary alicyclic amines) is 1. The minimum atomic E-state index is -0.320. The van der Waals surface area contributed by atoms with E-state index in [-0.39, 0.29) is 18.0 Å². The van der Waals surface area contributed by atoms with E-state index in [1.807, 2.05) is 30.1 Å². The molecule has 1 aromatic heterocycles. The van der Waals surface area contributed by atoms with Gasteiger partial charge < -0.3 is 18.9 Å². The van der Waals surface area contributed by atoms with E-state index in [4.69, 9.17) is 9.47 Å². The summed E-state index contributed by atoms with van der Waals surface area (Å²) in [6.07, 6.45) is 5.07. The molecule has 1 aliphatic carbocycles. The molecule has 1 amide bonds. The Bertz CT molecular complexity index is 1280. The zero-order chi connectivity index (χ0) is 24.2. The number of amides is 1. The third-order valence-electron chi connectivity index (χ3n) is 8.54. The van der Waals surface area contributed by atoms with Crippen molar-refractivity contribution in [3.63, 3.8) is 0 Å². The van der Waals surface area contributed by atoms with Gasteiger partial charge in [0.2, 0.25) is 0 Å². The molecular weight excluding hydrogens is 440 g/mol. The lowest BCUT2D eigenvalue weighted by molar-refractivity contribution is -0.142. The number of hydrogen-bond acceptors (Lipinski definition) is 4. The Labute approximate surface area is 205 Å². The van der Waals surface area contributed by atoms with Crippen molar-refractivity contribution >= 4 is 22.8 Å². The van der Waals surface area contributed by atoms with E-state index in [2.05, 4.69) is 34.9 Å². The molecule has 3 heterocycles. The van der Waals surface area contributed by atoms with E-state index in [0.29, 0.717) is 16.9 Å². The molecule has 2 saturated heterocycles. The summed E-state index contributed by atoms with van der Waals surface area (Å²) in [5, 5.41) is 1.10. The minimum Gasteiger partial charge on any atom is -0.465 e. The molecule has 3 aromatic rings. The molecule has 3 fully saturated rings. The van der Waals surface area contributed by atoms with Crippen molar-refractivity contribution < 1.29 is 19.1 Å². The molecule has 1 saturated carbocycles. The highest BCUT2D eigenvalue weighted by Crippen LogP contribution is 2.65. The maximum absolute atomic E-state index is 12.7. The molecule has 6 heteroatoms. The van der Waals surface area contributed by atoms with Gasteiger partial charge in [-0.3, -0.25) is 4.79 Å². The van der Waals surface area contributed by atoms with Crippen molar-refractivity contribution in [2.24, 2.45) is 12.5 Å². The number of ether oxygens (including phenoxy) is 2. The number of esters is 1. The van der Waals surface area contributed by atoms with Crippen molar-refractivity contribution in [3.8, 4) is 11.3 Å². The van der Waals surface area contributed by atoms with Gasteiger partial charge in [0, 0.05) is 43.3 Å². The SMILES string of the molecule is COC(=O)c1ccc2cc(-c3ccc(C4CC45CCN(C(=O)[C@H]4CCCO4)CC5)cc3)n(C)c2c1. The Morgan fingerprint density at radius 1 is 1.06 bits per heavy atom. The molecular formula is C29H32N2O4. The van der Waals surface area contributed by atoms with Crippen LogP contribution in [0.1, 0.15) is 53.9 Å². The Morgan fingerprint density at radius 3 is 2.51 bits per heavy atom. The molecule has 35 heavy (non-hydrogen) atoms. The van der Waals surface area contributed by atoms with Crippen LogP contribution in [0, 0.1) is 5.41 Å². The molecule has 0 bridgehead atoms.